The Labute approximate surface area is 128 Å². The maximum atomic E-state index is 12.6. The molecule has 8 heteroatoms. The minimum absolute atomic E-state index is 0.154. The minimum Gasteiger partial charge on any atom is -0.469 e. The van der Waals surface area contributed by atoms with E-state index in [0.29, 0.717) is 36.7 Å². The van der Waals surface area contributed by atoms with Crippen molar-refractivity contribution in [2.24, 2.45) is 0 Å². The lowest BCUT2D eigenvalue weighted by Gasteiger charge is -2.21. The standard InChI is InChI=1S/C13H21N3O4S/c1-4-5-10-12(21-15-14-10)13(18)16(8-9-19-2)7-6-11(17)20-3/h4-9H2,1-3H3. The van der Waals surface area contributed by atoms with Gasteiger partial charge >= 0.3 is 5.97 Å². The fourth-order valence-corrected chi connectivity index (χ4v) is 2.44. The van der Waals surface area contributed by atoms with E-state index in [1.807, 2.05) is 6.92 Å². The minimum atomic E-state index is -0.346. The third-order valence-corrected chi connectivity index (χ3v) is 3.66. The summed E-state index contributed by atoms with van der Waals surface area (Å²) in [4.78, 5) is 25.9. The molecule has 0 aliphatic heterocycles. The van der Waals surface area contributed by atoms with Crippen LogP contribution in [0.3, 0.4) is 0 Å². The van der Waals surface area contributed by atoms with Crippen LogP contribution in [-0.4, -0.2) is 60.3 Å². The Morgan fingerprint density at radius 1 is 1.29 bits per heavy atom. The highest BCUT2D eigenvalue weighted by Gasteiger charge is 2.22. The van der Waals surface area contributed by atoms with Gasteiger partial charge < -0.3 is 14.4 Å². The summed E-state index contributed by atoms with van der Waals surface area (Å²) in [5.74, 6) is -0.504. The summed E-state index contributed by atoms with van der Waals surface area (Å²) in [6.45, 7) is 3.13. The molecule has 1 aromatic rings. The Bertz CT molecular complexity index is 464. The number of esters is 1. The van der Waals surface area contributed by atoms with Crippen LogP contribution in [0.1, 0.15) is 35.1 Å². The van der Waals surface area contributed by atoms with Crippen molar-refractivity contribution in [3.63, 3.8) is 0 Å². The Hall–Kier alpha value is -1.54. The average Bonchev–Trinajstić information content (AvgIpc) is 2.95. The van der Waals surface area contributed by atoms with E-state index in [2.05, 4.69) is 14.3 Å². The Morgan fingerprint density at radius 2 is 2.05 bits per heavy atom. The van der Waals surface area contributed by atoms with Crippen LogP contribution in [0.15, 0.2) is 0 Å². The van der Waals surface area contributed by atoms with Crippen molar-refractivity contribution in [1.82, 2.24) is 14.5 Å². The summed E-state index contributed by atoms with van der Waals surface area (Å²) in [6, 6.07) is 0. The molecular weight excluding hydrogens is 294 g/mol. The predicted molar refractivity (Wildman–Crippen MR) is 78.3 cm³/mol. The molecule has 1 rings (SSSR count). The second-order valence-electron chi connectivity index (χ2n) is 4.41. The van der Waals surface area contributed by atoms with Crippen molar-refractivity contribution < 1.29 is 19.1 Å². The number of amides is 1. The summed E-state index contributed by atoms with van der Waals surface area (Å²) >= 11 is 1.09. The van der Waals surface area contributed by atoms with Crippen LogP contribution in [0.25, 0.3) is 0 Å². The number of aromatic nitrogens is 2. The molecule has 0 spiro atoms. The molecule has 0 bridgehead atoms. The zero-order valence-electron chi connectivity index (χ0n) is 12.6. The van der Waals surface area contributed by atoms with Gasteiger partial charge in [0.15, 0.2) is 0 Å². The van der Waals surface area contributed by atoms with Crippen LogP contribution in [-0.2, 0) is 20.7 Å². The first kappa shape index (κ1) is 17.5. The molecule has 21 heavy (non-hydrogen) atoms. The number of rotatable bonds is 9. The second kappa shape index (κ2) is 9.41. The van der Waals surface area contributed by atoms with Crippen LogP contribution in [0.4, 0.5) is 0 Å². The van der Waals surface area contributed by atoms with E-state index in [4.69, 9.17) is 4.74 Å². The second-order valence-corrected chi connectivity index (χ2v) is 5.16. The van der Waals surface area contributed by atoms with Crippen molar-refractivity contribution in [3.8, 4) is 0 Å². The fraction of sp³-hybridized carbons (Fsp3) is 0.692. The highest BCUT2D eigenvalue weighted by molar-refractivity contribution is 7.08. The van der Waals surface area contributed by atoms with E-state index in [9.17, 15) is 9.59 Å². The van der Waals surface area contributed by atoms with Crippen LogP contribution < -0.4 is 0 Å². The van der Waals surface area contributed by atoms with Gasteiger partial charge in [0.2, 0.25) is 0 Å². The molecule has 0 fully saturated rings. The Balaban J connectivity index is 2.77. The molecule has 0 aromatic carbocycles. The number of carbonyl (C=O) groups is 2. The molecule has 7 nitrogen and oxygen atoms in total. The molecule has 1 heterocycles. The lowest BCUT2D eigenvalue weighted by molar-refractivity contribution is -0.140. The number of hydrogen-bond acceptors (Lipinski definition) is 7. The van der Waals surface area contributed by atoms with E-state index < -0.39 is 0 Å². The first-order chi connectivity index (χ1) is 10.1. The van der Waals surface area contributed by atoms with Crippen LogP contribution in [0, 0.1) is 0 Å². The van der Waals surface area contributed by atoms with Gasteiger partial charge in [-0.3, -0.25) is 9.59 Å². The Morgan fingerprint density at radius 3 is 2.67 bits per heavy atom. The molecular formula is C13H21N3O4S. The third kappa shape index (κ3) is 5.39. The van der Waals surface area contributed by atoms with Gasteiger partial charge in [-0.25, -0.2) is 0 Å². The van der Waals surface area contributed by atoms with Crippen LogP contribution >= 0.6 is 11.5 Å². The lowest BCUT2D eigenvalue weighted by Crippen LogP contribution is -2.35. The maximum absolute atomic E-state index is 12.6. The van der Waals surface area contributed by atoms with Crippen LogP contribution in [0.2, 0.25) is 0 Å². The average molecular weight is 315 g/mol. The van der Waals surface area contributed by atoms with E-state index >= 15 is 0 Å². The quantitative estimate of drug-likeness (QED) is 0.636. The summed E-state index contributed by atoms with van der Waals surface area (Å²) < 4.78 is 13.5. The normalized spacial score (nSPS) is 10.4. The first-order valence-corrected chi connectivity index (χ1v) is 7.57. The molecule has 0 unspecified atom stereocenters. The number of hydrogen-bond donors (Lipinski definition) is 0. The van der Waals surface area contributed by atoms with Gasteiger partial charge in [-0.2, -0.15) is 0 Å². The van der Waals surface area contributed by atoms with Crippen molar-refractivity contribution in [2.45, 2.75) is 26.2 Å². The SMILES string of the molecule is CCCc1nnsc1C(=O)N(CCOC)CCC(=O)OC. The maximum Gasteiger partial charge on any atom is 0.307 e. The molecule has 1 aromatic heterocycles. The number of ether oxygens (including phenoxy) is 2. The summed E-state index contributed by atoms with van der Waals surface area (Å²) in [6.07, 6.45) is 1.76. The van der Waals surface area contributed by atoms with Crippen molar-refractivity contribution in [3.05, 3.63) is 10.6 Å². The topological polar surface area (TPSA) is 81.6 Å². The zero-order chi connectivity index (χ0) is 15.7. The molecule has 0 saturated heterocycles. The van der Waals surface area contributed by atoms with E-state index in [-0.39, 0.29) is 18.3 Å². The van der Waals surface area contributed by atoms with Crippen LogP contribution in [0.5, 0.6) is 0 Å². The van der Waals surface area contributed by atoms with E-state index in [1.165, 1.54) is 7.11 Å². The monoisotopic (exact) mass is 315 g/mol. The highest BCUT2D eigenvalue weighted by atomic mass is 32.1. The van der Waals surface area contributed by atoms with Crippen molar-refractivity contribution >= 4 is 23.4 Å². The summed E-state index contributed by atoms with van der Waals surface area (Å²) in [5.41, 5.74) is 0.716. The van der Waals surface area contributed by atoms with Gasteiger partial charge in [0.05, 0.1) is 25.8 Å². The molecule has 0 radical (unpaired) electrons. The predicted octanol–water partition coefficient (Wildman–Crippen LogP) is 1.14. The molecule has 0 aliphatic carbocycles. The smallest absolute Gasteiger partial charge is 0.307 e. The van der Waals surface area contributed by atoms with Gasteiger partial charge in [0.1, 0.15) is 4.88 Å². The van der Waals surface area contributed by atoms with Gasteiger partial charge in [-0.05, 0) is 18.0 Å². The zero-order valence-corrected chi connectivity index (χ0v) is 13.4. The number of nitrogens with zero attached hydrogens (tertiary/aromatic N) is 3. The molecule has 118 valence electrons. The molecule has 0 N–H and O–H groups in total. The summed E-state index contributed by atoms with van der Waals surface area (Å²) in [7, 11) is 2.90. The van der Waals surface area contributed by atoms with Gasteiger partial charge in [-0.15, -0.1) is 5.10 Å². The van der Waals surface area contributed by atoms with E-state index in [0.717, 1.165) is 18.0 Å². The molecule has 0 saturated carbocycles. The largest absolute Gasteiger partial charge is 0.469 e. The van der Waals surface area contributed by atoms with Crippen molar-refractivity contribution in [2.75, 3.05) is 33.9 Å². The summed E-state index contributed by atoms with van der Waals surface area (Å²) in [5, 5.41) is 4.00. The van der Waals surface area contributed by atoms with Gasteiger partial charge in [0, 0.05) is 20.2 Å². The van der Waals surface area contributed by atoms with Gasteiger partial charge in [0.25, 0.3) is 5.91 Å². The highest BCUT2D eigenvalue weighted by Crippen LogP contribution is 2.15. The number of methoxy groups -OCH3 is 2. The molecule has 0 atom stereocenters. The third-order valence-electron chi connectivity index (χ3n) is 2.90. The van der Waals surface area contributed by atoms with E-state index in [1.54, 1.807) is 12.0 Å². The lowest BCUT2D eigenvalue weighted by atomic mass is 10.2. The van der Waals surface area contributed by atoms with Crippen molar-refractivity contribution in [1.29, 1.82) is 0 Å². The number of aryl methyl sites for hydroxylation is 1. The molecule has 1 amide bonds. The Kier molecular flexibility index (Phi) is 7.84. The molecule has 0 aliphatic rings. The fourth-order valence-electron chi connectivity index (χ4n) is 1.76. The van der Waals surface area contributed by atoms with Gasteiger partial charge in [-0.1, -0.05) is 17.8 Å². The number of carbonyl (C=O) groups excluding carboxylic acids is 2. The first-order valence-electron chi connectivity index (χ1n) is 6.80.